The minimum Gasteiger partial charge on any atom is -0.388 e. The van der Waals surface area contributed by atoms with Crippen LogP contribution in [0.15, 0.2) is 36.4 Å². The van der Waals surface area contributed by atoms with E-state index in [2.05, 4.69) is 0 Å². The highest BCUT2D eigenvalue weighted by atomic mass is 35.5. The first kappa shape index (κ1) is 16.5. The zero-order chi connectivity index (χ0) is 15.6. The van der Waals surface area contributed by atoms with Crippen molar-refractivity contribution in [1.82, 2.24) is 0 Å². The number of hydrogen-bond donors (Lipinski definition) is 2. The normalized spacial score (nSPS) is 14.0. The van der Waals surface area contributed by atoms with Crippen molar-refractivity contribution in [2.75, 3.05) is 6.54 Å². The van der Waals surface area contributed by atoms with Gasteiger partial charge in [0.25, 0.3) is 0 Å². The summed E-state index contributed by atoms with van der Waals surface area (Å²) in [4.78, 5) is 0. The number of halogens is 4. The van der Waals surface area contributed by atoms with E-state index in [1.54, 1.807) is 24.3 Å². The molecule has 2 rings (SSSR count). The second-order valence-corrected chi connectivity index (χ2v) is 5.88. The second-order valence-electron chi connectivity index (χ2n) is 4.63. The molecule has 0 amide bonds. The van der Waals surface area contributed by atoms with Gasteiger partial charge in [-0.2, -0.15) is 0 Å². The summed E-state index contributed by atoms with van der Waals surface area (Å²) in [7, 11) is 0. The van der Waals surface area contributed by atoms with Crippen LogP contribution >= 0.6 is 34.8 Å². The molecule has 0 aromatic heterocycles. The predicted molar refractivity (Wildman–Crippen MR) is 84.6 cm³/mol. The highest BCUT2D eigenvalue weighted by Crippen LogP contribution is 2.36. The van der Waals surface area contributed by atoms with E-state index in [9.17, 15) is 9.50 Å². The van der Waals surface area contributed by atoms with E-state index in [0.29, 0.717) is 21.2 Å². The van der Waals surface area contributed by atoms with Gasteiger partial charge in [-0.15, -0.1) is 0 Å². The Morgan fingerprint density at radius 2 is 1.76 bits per heavy atom. The number of rotatable bonds is 4. The van der Waals surface area contributed by atoms with Crippen LogP contribution in [-0.2, 0) is 0 Å². The largest absolute Gasteiger partial charge is 0.388 e. The van der Waals surface area contributed by atoms with E-state index in [-0.39, 0.29) is 11.6 Å². The molecule has 2 aromatic carbocycles. The molecule has 2 nitrogen and oxygen atoms in total. The quantitative estimate of drug-likeness (QED) is 0.850. The molecule has 0 saturated heterocycles. The fourth-order valence-electron chi connectivity index (χ4n) is 2.16. The van der Waals surface area contributed by atoms with Crippen molar-refractivity contribution >= 4 is 34.8 Å². The van der Waals surface area contributed by atoms with Crippen molar-refractivity contribution in [3.05, 3.63) is 68.4 Å². The minimum absolute atomic E-state index is 0.000209. The van der Waals surface area contributed by atoms with Gasteiger partial charge < -0.3 is 10.8 Å². The Labute approximate surface area is 137 Å². The molecule has 0 radical (unpaired) electrons. The first-order valence-corrected chi connectivity index (χ1v) is 7.35. The Morgan fingerprint density at radius 1 is 1.05 bits per heavy atom. The van der Waals surface area contributed by atoms with Gasteiger partial charge >= 0.3 is 0 Å². The number of aliphatic hydroxyl groups excluding tert-OH is 1. The summed E-state index contributed by atoms with van der Waals surface area (Å²) in [6.45, 7) is 0.146. The van der Waals surface area contributed by atoms with E-state index in [1.807, 2.05) is 0 Å². The van der Waals surface area contributed by atoms with Crippen molar-refractivity contribution in [3.63, 3.8) is 0 Å². The van der Waals surface area contributed by atoms with Gasteiger partial charge in [-0.3, -0.25) is 0 Å². The van der Waals surface area contributed by atoms with Gasteiger partial charge in [-0.25, -0.2) is 4.39 Å². The van der Waals surface area contributed by atoms with Crippen LogP contribution in [0, 0.1) is 5.82 Å². The lowest BCUT2D eigenvalue weighted by atomic mass is 9.89. The van der Waals surface area contributed by atoms with Gasteiger partial charge in [0.2, 0.25) is 0 Å². The Bertz CT molecular complexity index is 651. The lowest BCUT2D eigenvalue weighted by Crippen LogP contribution is -2.20. The van der Waals surface area contributed by atoms with Crippen molar-refractivity contribution < 1.29 is 9.50 Å². The Balaban J connectivity index is 2.37. The van der Waals surface area contributed by atoms with Crippen molar-refractivity contribution in [2.24, 2.45) is 5.73 Å². The van der Waals surface area contributed by atoms with Gasteiger partial charge in [-0.05, 0) is 35.4 Å². The maximum absolute atomic E-state index is 13.5. The summed E-state index contributed by atoms with van der Waals surface area (Å²) in [5, 5.41) is 11.4. The molecule has 0 saturated carbocycles. The third-order valence-electron chi connectivity index (χ3n) is 3.28. The molecule has 2 aromatic rings. The average Bonchev–Trinajstić information content (AvgIpc) is 2.44. The summed E-state index contributed by atoms with van der Waals surface area (Å²) in [6.07, 6.45) is -1.000. The summed E-state index contributed by atoms with van der Waals surface area (Å²) in [5.74, 6) is -1.07. The molecule has 2 atom stereocenters. The van der Waals surface area contributed by atoms with Crippen LogP contribution in [-0.4, -0.2) is 11.7 Å². The van der Waals surface area contributed by atoms with Crippen molar-refractivity contribution in [2.45, 2.75) is 12.0 Å². The molecule has 0 fully saturated rings. The molecule has 112 valence electrons. The molecule has 0 aliphatic carbocycles. The van der Waals surface area contributed by atoms with Crippen molar-refractivity contribution in [3.8, 4) is 0 Å². The zero-order valence-electron chi connectivity index (χ0n) is 10.9. The monoisotopic (exact) mass is 347 g/mol. The number of hydrogen-bond acceptors (Lipinski definition) is 2. The standard InChI is InChI=1S/C15H13Cl3FNO/c16-9-2-3-10(13(18)6-9)11(7-20)15(21)8-1-4-12(17)14(19)5-8/h1-6,11,15,21H,7,20H2. The molecule has 0 aliphatic rings. The molecular formula is C15H13Cl3FNO. The van der Waals surface area contributed by atoms with Crippen LogP contribution < -0.4 is 5.73 Å². The molecule has 2 unspecified atom stereocenters. The number of benzene rings is 2. The Kier molecular flexibility index (Phi) is 5.47. The van der Waals surface area contributed by atoms with Crippen molar-refractivity contribution in [1.29, 1.82) is 0 Å². The molecule has 0 heterocycles. The molecule has 0 bridgehead atoms. The first-order valence-electron chi connectivity index (χ1n) is 6.22. The number of aliphatic hydroxyl groups is 1. The van der Waals surface area contributed by atoms with E-state index < -0.39 is 17.8 Å². The van der Waals surface area contributed by atoms with E-state index in [1.165, 1.54) is 12.1 Å². The number of nitrogens with two attached hydrogens (primary N) is 1. The fraction of sp³-hybridized carbons (Fsp3) is 0.200. The molecule has 0 spiro atoms. The highest BCUT2D eigenvalue weighted by molar-refractivity contribution is 6.35. The highest BCUT2D eigenvalue weighted by Gasteiger charge is 2.24. The van der Waals surface area contributed by atoms with Crippen LogP contribution in [0.2, 0.25) is 15.1 Å². The summed E-state index contributed by atoms with van der Waals surface area (Å²) >= 11 is 17.6. The van der Waals surface area contributed by atoms with Gasteiger partial charge in [0.1, 0.15) is 5.82 Å². The molecular weight excluding hydrogens is 336 g/mol. The maximum atomic E-state index is 13.5. The topological polar surface area (TPSA) is 46.2 Å². The smallest absolute Gasteiger partial charge is 0.142 e. The summed E-state index contributed by atoms with van der Waals surface area (Å²) in [5.41, 5.74) is 6.79. The van der Waals surface area contributed by atoms with Crippen LogP contribution in [0.3, 0.4) is 0 Å². The molecule has 21 heavy (non-hydrogen) atoms. The Hall–Kier alpha value is -0.840. The van der Waals surface area contributed by atoms with Gasteiger partial charge in [-0.1, -0.05) is 46.9 Å². The summed E-state index contributed by atoms with van der Waals surface area (Å²) in [6, 6.07) is 9.10. The molecule has 0 aliphatic heterocycles. The third-order valence-corrected chi connectivity index (χ3v) is 4.15. The fourth-order valence-corrected chi connectivity index (χ4v) is 2.82. The van der Waals surface area contributed by atoms with E-state index in [0.717, 1.165) is 0 Å². The van der Waals surface area contributed by atoms with Gasteiger partial charge in [0.15, 0.2) is 0 Å². The summed E-state index contributed by atoms with van der Waals surface area (Å²) < 4.78 is 13.5. The lowest BCUT2D eigenvalue weighted by molar-refractivity contribution is 0.147. The SMILES string of the molecule is NCC(c1ccc(Cl)cc1Cl)C(O)c1ccc(Cl)c(F)c1. The van der Waals surface area contributed by atoms with Gasteiger partial charge in [0, 0.05) is 22.5 Å². The maximum Gasteiger partial charge on any atom is 0.142 e. The first-order chi connectivity index (χ1) is 9.93. The zero-order valence-corrected chi connectivity index (χ0v) is 13.1. The van der Waals surface area contributed by atoms with E-state index in [4.69, 9.17) is 40.5 Å². The lowest BCUT2D eigenvalue weighted by Gasteiger charge is -2.23. The predicted octanol–water partition coefficient (Wildman–Crippen LogP) is 4.56. The third kappa shape index (κ3) is 3.68. The second kappa shape index (κ2) is 6.95. The molecule has 6 heteroatoms. The average molecular weight is 349 g/mol. The Morgan fingerprint density at radius 3 is 2.33 bits per heavy atom. The van der Waals surface area contributed by atoms with Crippen LogP contribution in [0.5, 0.6) is 0 Å². The van der Waals surface area contributed by atoms with Gasteiger partial charge in [0.05, 0.1) is 11.1 Å². The molecule has 3 N–H and O–H groups in total. The van der Waals surface area contributed by atoms with Crippen LogP contribution in [0.4, 0.5) is 4.39 Å². The van der Waals surface area contributed by atoms with E-state index >= 15 is 0 Å². The van der Waals surface area contributed by atoms with Crippen LogP contribution in [0.1, 0.15) is 23.1 Å². The minimum atomic E-state index is -1.000. The van der Waals surface area contributed by atoms with Crippen LogP contribution in [0.25, 0.3) is 0 Å².